The van der Waals surface area contributed by atoms with Crippen LogP contribution in [-0.4, -0.2) is 24.5 Å². The summed E-state index contributed by atoms with van der Waals surface area (Å²) in [6, 6.07) is 4.65. The molecule has 1 heterocycles. The van der Waals surface area contributed by atoms with Crippen molar-refractivity contribution in [1.29, 1.82) is 0 Å². The van der Waals surface area contributed by atoms with Gasteiger partial charge in [-0.25, -0.2) is 0 Å². The maximum Gasteiger partial charge on any atom is 0.0429 e. The zero-order valence-corrected chi connectivity index (χ0v) is 14.5. The molecule has 1 aliphatic heterocycles. The number of nitrogens with zero attached hydrogens (tertiary/aromatic N) is 1. The SMILES string of the molecule is CCC1(CC)CCN(CC(N)c2c(C)cc(C)cc2C)C1. The molecule has 0 radical (unpaired) electrons. The average Bonchev–Trinajstić information content (AvgIpc) is 2.81. The molecule has 2 heteroatoms. The van der Waals surface area contributed by atoms with E-state index in [9.17, 15) is 0 Å². The summed E-state index contributed by atoms with van der Waals surface area (Å²) >= 11 is 0. The summed E-state index contributed by atoms with van der Waals surface area (Å²) in [4.78, 5) is 2.58. The van der Waals surface area contributed by atoms with Gasteiger partial charge < -0.3 is 10.6 Å². The Morgan fingerprint density at radius 3 is 2.19 bits per heavy atom. The van der Waals surface area contributed by atoms with Crippen molar-refractivity contribution >= 4 is 0 Å². The number of aryl methyl sites for hydroxylation is 3. The minimum absolute atomic E-state index is 0.134. The number of hydrogen-bond acceptors (Lipinski definition) is 2. The number of rotatable bonds is 5. The molecule has 1 fully saturated rings. The molecule has 0 amide bonds. The van der Waals surface area contributed by atoms with Gasteiger partial charge in [0.1, 0.15) is 0 Å². The normalized spacial score (nSPS) is 19.9. The van der Waals surface area contributed by atoms with Crippen molar-refractivity contribution in [2.45, 2.75) is 59.9 Å². The van der Waals surface area contributed by atoms with Crippen molar-refractivity contribution in [2.24, 2.45) is 11.1 Å². The molecule has 2 nitrogen and oxygen atoms in total. The maximum absolute atomic E-state index is 6.56. The van der Waals surface area contributed by atoms with E-state index < -0.39 is 0 Å². The second-order valence-corrected chi connectivity index (χ2v) is 7.11. The predicted octanol–water partition coefficient (Wildman–Crippen LogP) is 4.12. The third-order valence-corrected chi connectivity index (χ3v) is 5.58. The van der Waals surface area contributed by atoms with Crippen LogP contribution in [0.25, 0.3) is 0 Å². The molecule has 1 saturated heterocycles. The van der Waals surface area contributed by atoms with Gasteiger partial charge in [0.25, 0.3) is 0 Å². The van der Waals surface area contributed by atoms with E-state index in [1.165, 1.54) is 54.6 Å². The van der Waals surface area contributed by atoms with Crippen molar-refractivity contribution in [3.05, 3.63) is 34.4 Å². The van der Waals surface area contributed by atoms with Gasteiger partial charge in [-0.3, -0.25) is 0 Å². The first-order chi connectivity index (χ1) is 9.90. The first-order valence-corrected chi connectivity index (χ1v) is 8.46. The standard InChI is InChI=1S/C19H32N2/c1-6-19(7-2)8-9-21(13-19)12-17(20)18-15(4)10-14(3)11-16(18)5/h10-11,17H,6-9,12-13,20H2,1-5H3. The molecule has 0 aliphatic carbocycles. The van der Waals surface area contributed by atoms with Gasteiger partial charge in [-0.2, -0.15) is 0 Å². The van der Waals surface area contributed by atoms with Gasteiger partial charge in [-0.05, 0) is 68.7 Å². The Kier molecular flexibility index (Phi) is 5.11. The zero-order valence-electron chi connectivity index (χ0n) is 14.5. The first kappa shape index (κ1) is 16.5. The lowest BCUT2D eigenvalue weighted by molar-refractivity contribution is 0.233. The number of hydrogen-bond donors (Lipinski definition) is 1. The highest BCUT2D eigenvalue weighted by atomic mass is 15.2. The molecule has 0 saturated carbocycles. The fourth-order valence-electron chi connectivity index (χ4n) is 4.16. The van der Waals surface area contributed by atoms with Crippen LogP contribution in [0.15, 0.2) is 12.1 Å². The van der Waals surface area contributed by atoms with Crippen LogP contribution in [0.4, 0.5) is 0 Å². The lowest BCUT2D eigenvalue weighted by Gasteiger charge is -2.28. The maximum atomic E-state index is 6.56. The largest absolute Gasteiger partial charge is 0.323 e. The molecule has 118 valence electrons. The highest BCUT2D eigenvalue weighted by Gasteiger charge is 2.35. The molecular formula is C19H32N2. The summed E-state index contributed by atoms with van der Waals surface area (Å²) in [7, 11) is 0. The van der Waals surface area contributed by atoms with E-state index in [0.717, 1.165) is 6.54 Å². The number of benzene rings is 1. The van der Waals surface area contributed by atoms with Gasteiger partial charge >= 0.3 is 0 Å². The third kappa shape index (κ3) is 3.49. The van der Waals surface area contributed by atoms with Crippen LogP contribution in [0.2, 0.25) is 0 Å². The highest BCUT2D eigenvalue weighted by Crippen LogP contribution is 2.37. The monoisotopic (exact) mass is 288 g/mol. The molecule has 1 unspecified atom stereocenters. The van der Waals surface area contributed by atoms with Gasteiger partial charge in [0, 0.05) is 19.1 Å². The topological polar surface area (TPSA) is 29.3 Å². The molecule has 1 atom stereocenters. The Balaban J connectivity index is 2.08. The molecule has 1 aliphatic rings. The fraction of sp³-hybridized carbons (Fsp3) is 0.684. The van der Waals surface area contributed by atoms with E-state index in [1.807, 2.05) is 0 Å². The fourth-order valence-corrected chi connectivity index (χ4v) is 4.16. The van der Waals surface area contributed by atoms with Gasteiger partial charge in [-0.15, -0.1) is 0 Å². The van der Waals surface area contributed by atoms with Gasteiger partial charge in [0.05, 0.1) is 0 Å². The van der Waals surface area contributed by atoms with Crippen molar-refractivity contribution < 1.29 is 0 Å². The van der Waals surface area contributed by atoms with E-state index in [-0.39, 0.29) is 6.04 Å². The van der Waals surface area contributed by atoms with Crippen molar-refractivity contribution in [2.75, 3.05) is 19.6 Å². The van der Waals surface area contributed by atoms with Crippen LogP contribution < -0.4 is 5.73 Å². The lowest BCUT2D eigenvalue weighted by atomic mass is 9.82. The molecule has 1 aromatic carbocycles. The zero-order chi connectivity index (χ0) is 15.6. The second-order valence-electron chi connectivity index (χ2n) is 7.11. The second kappa shape index (κ2) is 6.50. The van der Waals surface area contributed by atoms with E-state index in [1.54, 1.807) is 0 Å². The van der Waals surface area contributed by atoms with Crippen LogP contribution in [0, 0.1) is 26.2 Å². The van der Waals surface area contributed by atoms with Crippen molar-refractivity contribution in [1.82, 2.24) is 4.90 Å². The summed E-state index contributed by atoms with van der Waals surface area (Å²) < 4.78 is 0. The Labute approximate surface area is 130 Å². The summed E-state index contributed by atoms with van der Waals surface area (Å²) in [5.41, 5.74) is 12.5. The summed E-state index contributed by atoms with van der Waals surface area (Å²) in [6.45, 7) is 14.6. The Hall–Kier alpha value is -0.860. The van der Waals surface area contributed by atoms with E-state index in [2.05, 4.69) is 51.7 Å². The van der Waals surface area contributed by atoms with E-state index in [4.69, 9.17) is 5.73 Å². The average molecular weight is 288 g/mol. The molecule has 2 N–H and O–H groups in total. The van der Waals surface area contributed by atoms with Gasteiger partial charge in [0.2, 0.25) is 0 Å². The lowest BCUT2D eigenvalue weighted by Crippen LogP contribution is -2.33. The summed E-state index contributed by atoms with van der Waals surface area (Å²) in [5.74, 6) is 0. The van der Waals surface area contributed by atoms with Crippen molar-refractivity contribution in [3.8, 4) is 0 Å². The molecule has 0 aromatic heterocycles. The number of nitrogens with two attached hydrogens (primary N) is 1. The smallest absolute Gasteiger partial charge is 0.0429 e. The molecule has 2 rings (SSSR count). The van der Waals surface area contributed by atoms with Gasteiger partial charge in [-0.1, -0.05) is 31.5 Å². The highest BCUT2D eigenvalue weighted by molar-refractivity contribution is 5.39. The predicted molar refractivity (Wildman–Crippen MR) is 91.7 cm³/mol. The summed E-state index contributed by atoms with van der Waals surface area (Å²) in [5, 5.41) is 0. The van der Waals surface area contributed by atoms with Gasteiger partial charge in [0.15, 0.2) is 0 Å². The Morgan fingerprint density at radius 2 is 1.71 bits per heavy atom. The Morgan fingerprint density at radius 1 is 1.14 bits per heavy atom. The molecular weight excluding hydrogens is 256 g/mol. The minimum Gasteiger partial charge on any atom is -0.323 e. The molecule has 0 spiro atoms. The molecule has 21 heavy (non-hydrogen) atoms. The summed E-state index contributed by atoms with van der Waals surface area (Å²) in [6.07, 6.45) is 3.91. The minimum atomic E-state index is 0.134. The number of likely N-dealkylation sites (tertiary alicyclic amines) is 1. The van der Waals surface area contributed by atoms with Crippen LogP contribution in [0.1, 0.15) is 61.4 Å². The molecule has 1 aromatic rings. The van der Waals surface area contributed by atoms with Crippen LogP contribution in [-0.2, 0) is 0 Å². The molecule has 0 bridgehead atoms. The first-order valence-electron chi connectivity index (χ1n) is 8.46. The van der Waals surface area contributed by atoms with Crippen LogP contribution in [0.5, 0.6) is 0 Å². The third-order valence-electron chi connectivity index (χ3n) is 5.58. The van der Waals surface area contributed by atoms with Crippen LogP contribution >= 0.6 is 0 Å². The van der Waals surface area contributed by atoms with Crippen LogP contribution in [0.3, 0.4) is 0 Å². The van der Waals surface area contributed by atoms with Crippen molar-refractivity contribution in [3.63, 3.8) is 0 Å². The van der Waals surface area contributed by atoms with E-state index in [0.29, 0.717) is 5.41 Å². The quantitative estimate of drug-likeness (QED) is 0.883. The Bertz CT molecular complexity index is 465. The van der Waals surface area contributed by atoms with E-state index >= 15 is 0 Å².